The van der Waals surface area contributed by atoms with E-state index < -0.39 is 0 Å². The molecule has 0 saturated carbocycles. The zero-order valence-corrected chi connectivity index (χ0v) is 14.8. The van der Waals surface area contributed by atoms with Crippen LogP contribution in [0.1, 0.15) is 25.0 Å². The number of aromatic nitrogens is 2. The number of H-pyrrole nitrogens is 1. The number of nitrogens with zero attached hydrogens (tertiary/aromatic N) is 1. The number of carbonyl (C=O) groups excluding carboxylic acids is 1. The van der Waals surface area contributed by atoms with Gasteiger partial charge in [0.1, 0.15) is 0 Å². The van der Waals surface area contributed by atoms with Crippen LogP contribution in [0.25, 0.3) is 22.2 Å². The van der Waals surface area contributed by atoms with E-state index >= 15 is 0 Å². The first-order valence-corrected chi connectivity index (χ1v) is 8.27. The number of carbonyl (C=O) groups is 1. The first-order chi connectivity index (χ1) is 11.9. The molecule has 2 N–H and O–H groups in total. The molecule has 0 unspecified atom stereocenters. The molecule has 0 fully saturated rings. The van der Waals surface area contributed by atoms with E-state index in [0.717, 1.165) is 39.0 Å². The fourth-order valence-corrected chi connectivity index (χ4v) is 2.77. The fourth-order valence-electron chi connectivity index (χ4n) is 2.77. The lowest BCUT2D eigenvalue weighted by Crippen LogP contribution is -2.18. The van der Waals surface area contributed by atoms with Gasteiger partial charge in [-0.15, -0.1) is 0 Å². The first-order valence-electron chi connectivity index (χ1n) is 8.27. The second-order valence-electron chi connectivity index (χ2n) is 6.56. The van der Waals surface area contributed by atoms with Crippen molar-refractivity contribution in [3.63, 3.8) is 0 Å². The van der Waals surface area contributed by atoms with Gasteiger partial charge in [0.2, 0.25) is 11.5 Å². The molecule has 1 amide bonds. The highest BCUT2D eigenvalue weighted by atomic mass is 16.1. The number of pyridine rings is 2. The van der Waals surface area contributed by atoms with Crippen molar-refractivity contribution in [3.05, 3.63) is 58.0 Å². The summed E-state index contributed by atoms with van der Waals surface area (Å²) in [6.07, 6.45) is 1.66. The van der Waals surface area contributed by atoms with Gasteiger partial charge in [-0.2, -0.15) is 0 Å². The molecule has 2 heterocycles. The number of hydrogen-bond acceptors (Lipinski definition) is 3. The number of aryl methyl sites for hydroxylation is 2. The zero-order valence-electron chi connectivity index (χ0n) is 14.8. The Hall–Kier alpha value is -2.95. The zero-order chi connectivity index (χ0) is 18.1. The predicted octanol–water partition coefficient (Wildman–Crippen LogP) is 3.80. The van der Waals surface area contributed by atoms with Crippen LogP contribution in [0.3, 0.4) is 0 Å². The lowest BCUT2D eigenvalue weighted by atomic mass is 10.0. The summed E-state index contributed by atoms with van der Waals surface area (Å²) in [6.45, 7) is 7.74. The lowest BCUT2D eigenvalue weighted by Gasteiger charge is -2.15. The van der Waals surface area contributed by atoms with E-state index in [1.165, 1.54) is 6.07 Å². The Morgan fingerprint density at radius 2 is 1.88 bits per heavy atom. The van der Waals surface area contributed by atoms with Crippen molar-refractivity contribution >= 4 is 22.5 Å². The molecule has 0 radical (unpaired) electrons. The highest BCUT2D eigenvalue weighted by molar-refractivity contribution is 6.04. The summed E-state index contributed by atoms with van der Waals surface area (Å²) in [4.78, 5) is 30.8. The third-order valence-corrected chi connectivity index (χ3v) is 4.22. The minimum atomic E-state index is -0.142. The maximum absolute atomic E-state index is 12.1. The van der Waals surface area contributed by atoms with Gasteiger partial charge in [0.05, 0.1) is 16.9 Å². The molecule has 0 aliphatic rings. The Morgan fingerprint density at radius 3 is 2.52 bits per heavy atom. The Balaban J connectivity index is 2.18. The molecule has 0 spiro atoms. The quantitative estimate of drug-likeness (QED) is 0.764. The van der Waals surface area contributed by atoms with E-state index in [2.05, 4.69) is 10.3 Å². The Kier molecular flexibility index (Phi) is 4.40. The minimum Gasteiger partial charge on any atom is -0.328 e. The highest BCUT2D eigenvalue weighted by Gasteiger charge is 2.14. The summed E-state index contributed by atoms with van der Waals surface area (Å²) in [5.41, 5.74) is 5.18. The van der Waals surface area contributed by atoms with Crippen LogP contribution in [-0.2, 0) is 4.79 Å². The summed E-state index contributed by atoms with van der Waals surface area (Å²) in [6, 6.07) is 9.10. The van der Waals surface area contributed by atoms with Crippen LogP contribution >= 0.6 is 0 Å². The van der Waals surface area contributed by atoms with Gasteiger partial charge in [0.15, 0.2) is 0 Å². The molecule has 0 bridgehead atoms. The van der Waals surface area contributed by atoms with Crippen LogP contribution < -0.4 is 10.9 Å². The summed E-state index contributed by atoms with van der Waals surface area (Å²) >= 11 is 0. The molecule has 2 aromatic heterocycles. The van der Waals surface area contributed by atoms with Gasteiger partial charge in [-0.05, 0) is 43.2 Å². The Bertz CT molecular complexity index is 999. The standard InChI is InChI=1S/C20H21N3O2/c1-11(2)20(25)23-15-7-5-12(3)19-18(15)13(4)9-16(22-19)14-6-8-17(24)21-10-14/h5-11H,1-4H3,(H,21,24)(H,23,25). The fraction of sp³-hybridized carbons (Fsp3) is 0.250. The number of hydrogen-bond donors (Lipinski definition) is 2. The molecule has 0 aliphatic carbocycles. The van der Waals surface area contributed by atoms with Gasteiger partial charge < -0.3 is 10.3 Å². The van der Waals surface area contributed by atoms with Crippen LogP contribution in [0.5, 0.6) is 0 Å². The van der Waals surface area contributed by atoms with Crippen LogP contribution in [0.15, 0.2) is 41.3 Å². The monoisotopic (exact) mass is 335 g/mol. The number of amides is 1. The predicted molar refractivity (Wildman–Crippen MR) is 101 cm³/mol. The van der Waals surface area contributed by atoms with E-state index in [0.29, 0.717) is 0 Å². The van der Waals surface area contributed by atoms with Crippen molar-refractivity contribution in [1.82, 2.24) is 9.97 Å². The largest absolute Gasteiger partial charge is 0.328 e. The van der Waals surface area contributed by atoms with E-state index in [4.69, 9.17) is 4.98 Å². The number of benzene rings is 1. The van der Waals surface area contributed by atoms with Gasteiger partial charge in [0.25, 0.3) is 0 Å². The Morgan fingerprint density at radius 1 is 1.12 bits per heavy atom. The summed E-state index contributed by atoms with van der Waals surface area (Å²) in [7, 11) is 0. The summed E-state index contributed by atoms with van der Waals surface area (Å²) < 4.78 is 0. The SMILES string of the molecule is Cc1ccc(NC(=O)C(C)C)c2c(C)cc(-c3ccc(=O)[nH]c3)nc12. The van der Waals surface area contributed by atoms with Gasteiger partial charge in [-0.25, -0.2) is 4.98 Å². The van der Waals surface area contributed by atoms with E-state index in [1.807, 2.05) is 45.9 Å². The van der Waals surface area contributed by atoms with Crippen molar-refractivity contribution in [2.45, 2.75) is 27.7 Å². The molecule has 3 aromatic rings. The maximum Gasteiger partial charge on any atom is 0.247 e. The van der Waals surface area contributed by atoms with Crippen molar-refractivity contribution in [3.8, 4) is 11.3 Å². The second kappa shape index (κ2) is 6.51. The van der Waals surface area contributed by atoms with Gasteiger partial charge in [-0.1, -0.05) is 19.9 Å². The molecule has 3 rings (SSSR count). The van der Waals surface area contributed by atoms with Crippen LogP contribution in [-0.4, -0.2) is 15.9 Å². The number of aromatic amines is 1. The Labute approximate surface area is 146 Å². The molecule has 0 saturated heterocycles. The smallest absolute Gasteiger partial charge is 0.247 e. The minimum absolute atomic E-state index is 0.0192. The molecule has 128 valence electrons. The summed E-state index contributed by atoms with van der Waals surface area (Å²) in [5, 5.41) is 3.94. The normalized spacial score (nSPS) is 11.1. The van der Waals surface area contributed by atoms with Gasteiger partial charge >= 0.3 is 0 Å². The third-order valence-electron chi connectivity index (χ3n) is 4.22. The van der Waals surface area contributed by atoms with Crippen LogP contribution in [0.4, 0.5) is 5.69 Å². The number of anilines is 1. The van der Waals surface area contributed by atoms with Crippen LogP contribution in [0, 0.1) is 19.8 Å². The molecule has 5 nitrogen and oxygen atoms in total. The van der Waals surface area contributed by atoms with E-state index in [9.17, 15) is 9.59 Å². The molecule has 25 heavy (non-hydrogen) atoms. The first kappa shape index (κ1) is 16.9. The third kappa shape index (κ3) is 3.31. The molecule has 0 aliphatic heterocycles. The number of nitrogens with one attached hydrogen (secondary N) is 2. The van der Waals surface area contributed by atoms with Crippen molar-refractivity contribution in [2.24, 2.45) is 5.92 Å². The second-order valence-corrected chi connectivity index (χ2v) is 6.56. The van der Waals surface area contributed by atoms with Crippen LogP contribution in [0.2, 0.25) is 0 Å². The summed E-state index contributed by atoms with van der Waals surface area (Å²) in [5.74, 6) is -0.112. The molecular weight excluding hydrogens is 314 g/mol. The van der Waals surface area contributed by atoms with E-state index in [-0.39, 0.29) is 17.4 Å². The number of rotatable bonds is 3. The highest BCUT2D eigenvalue weighted by Crippen LogP contribution is 2.31. The average Bonchev–Trinajstić information content (AvgIpc) is 2.57. The van der Waals surface area contributed by atoms with Crippen molar-refractivity contribution < 1.29 is 4.79 Å². The van der Waals surface area contributed by atoms with Crippen molar-refractivity contribution in [2.75, 3.05) is 5.32 Å². The lowest BCUT2D eigenvalue weighted by molar-refractivity contribution is -0.118. The molecule has 1 aromatic carbocycles. The number of fused-ring (bicyclic) bond motifs is 1. The van der Waals surface area contributed by atoms with Gasteiger partial charge in [0, 0.05) is 29.1 Å². The van der Waals surface area contributed by atoms with Crippen molar-refractivity contribution in [1.29, 1.82) is 0 Å². The van der Waals surface area contributed by atoms with Gasteiger partial charge in [-0.3, -0.25) is 9.59 Å². The molecule has 0 atom stereocenters. The molecule has 5 heteroatoms. The van der Waals surface area contributed by atoms with E-state index in [1.54, 1.807) is 12.3 Å². The average molecular weight is 335 g/mol. The maximum atomic E-state index is 12.1. The molecular formula is C20H21N3O2. The topological polar surface area (TPSA) is 74.8 Å².